The molecule has 0 aromatic heterocycles. The third-order valence-electron chi connectivity index (χ3n) is 4.02. The summed E-state index contributed by atoms with van der Waals surface area (Å²) in [4.78, 5) is 12.6. The van der Waals surface area contributed by atoms with Gasteiger partial charge in [0.1, 0.15) is 5.75 Å². The average molecular weight is 303 g/mol. The fourth-order valence-corrected chi connectivity index (χ4v) is 2.76. The minimum absolute atomic E-state index is 0.0183. The molecule has 3 heteroatoms. The molecule has 0 aliphatic carbocycles. The van der Waals surface area contributed by atoms with E-state index < -0.39 is 0 Å². The second-order valence-corrected chi connectivity index (χ2v) is 7.68. The van der Waals surface area contributed by atoms with Gasteiger partial charge in [-0.05, 0) is 48.9 Å². The van der Waals surface area contributed by atoms with Crippen molar-refractivity contribution in [2.45, 2.75) is 58.9 Å². The molecule has 1 heterocycles. The van der Waals surface area contributed by atoms with E-state index in [1.54, 1.807) is 0 Å². The van der Waals surface area contributed by atoms with Crippen LogP contribution >= 0.6 is 0 Å². The van der Waals surface area contributed by atoms with Gasteiger partial charge in [-0.25, -0.2) is 0 Å². The first-order valence-corrected chi connectivity index (χ1v) is 8.34. The van der Waals surface area contributed by atoms with Crippen LogP contribution in [-0.4, -0.2) is 25.0 Å². The maximum atomic E-state index is 12.6. The van der Waals surface area contributed by atoms with Crippen molar-refractivity contribution in [1.29, 1.82) is 0 Å². The molecule has 0 saturated carbocycles. The highest BCUT2D eigenvalue weighted by Gasteiger charge is 2.26. The van der Waals surface area contributed by atoms with E-state index in [2.05, 4.69) is 39.9 Å². The Morgan fingerprint density at radius 3 is 2.64 bits per heavy atom. The Morgan fingerprint density at radius 1 is 1.36 bits per heavy atom. The van der Waals surface area contributed by atoms with E-state index in [-0.39, 0.29) is 17.2 Å². The summed E-state index contributed by atoms with van der Waals surface area (Å²) in [5, 5.41) is 3.29. The number of ether oxygens (including phenoxy) is 1. The van der Waals surface area contributed by atoms with E-state index in [0.717, 1.165) is 36.3 Å². The average Bonchev–Trinajstić information content (AvgIpc) is 2.97. The quantitative estimate of drug-likeness (QED) is 0.837. The van der Waals surface area contributed by atoms with Gasteiger partial charge in [0.05, 0.1) is 12.6 Å². The van der Waals surface area contributed by atoms with Crippen LogP contribution in [0.2, 0.25) is 0 Å². The topological polar surface area (TPSA) is 38.3 Å². The largest absolute Gasteiger partial charge is 0.493 e. The molecule has 1 fully saturated rings. The number of hydrogen-bond acceptors (Lipinski definition) is 3. The molecule has 0 bridgehead atoms. The molecule has 0 amide bonds. The predicted octanol–water partition coefficient (Wildman–Crippen LogP) is 3.95. The smallest absolute Gasteiger partial charge is 0.179 e. The van der Waals surface area contributed by atoms with E-state index in [4.69, 9.17) is 4.74 Å². The standard InChI is InChI=1S/C19H29NO2/c1-13(2)12-22-17-9-8-14(11-15(17)19(3,4)5)18(21)16-7-6-10-20-16/h8-9,11,13,16,20H,6-7,10,12H2,1-5H3. The predicted molar refractivity (Wildman–Crippen MR) is 90.8 cm³/mol. The zero-order valence-corrected chi connectivity index (χ0v) is 14.5. The molecule has 1 aromatic carbocycles. The second kappa shape index (κ2) is 6.82. The van der Waals surface area contributed by atoms with Crippen molar-refractivity contribution in [1.82, 2.24) is 5.32 Å². The lowest BCUT2D eigenvalue weighted by atomic mass is 9.84. The fourth-order valence-electron chi connectivity index (χ4n) is 2.76. The SMILES string of the molecule is CC(C)COc1ccc(C(=O)C2CCCN2)cc1C(C)(C)C. The third-order valence-corrected chi connectivity index (χ3v) is 4.02. The number of hydrogen-bond donors (Lipinski definition) is 1. The molecule has 1 aliphatic heterocycles. The maximum Gasteiger partial charge on any atom is 0.179 e. The van der Waals surface area contributed by atoms with Crippen LogP contribution in [0.1, 0.15) is 63.4 Å². The summed E-state index contributed by atoms with van der Waals surface area (Å²) in [6.07, 6.45) is 2.02. The Labute approximate surface area is 134 Å². The van der Waals surface area contributed by atoms with Gasteiger partial charge in [-0.3, -0.25) is 4.79 Å². The molecule has 1 atom stereocenters. The lowest BCUT2D eigenvalue weighted by Crippen LogP contribution is -2.31. The van der Waals surface area contributed by atoms with Gasteiger partial charge < -0.3 is 10.1 Å². The van der Waals surface area contributed by atoms with Crippen LogP contribution in [0, 0.1) is 5.92 Å². The molecule has 1 aliphatic rings. The number of nitrogens with one attached hydrogen (secondary N) is 1. The van der Waals surface area contributed by atoms with Gasteiger partial charge in [0.15, 0.2) is 5.78 Å². The van der Waals surface area contributed by atoms with Crippen LogP contribution in [0.3, 0.4) is 0 Å². The van der Waals surface area contributed by atoms with Gasteiger partial charge in [0, 0.05) is 11.1 Å². The van der Waals surface area contributed by atoms with E-state index in [0.29, 0.717) is 12.5 Å². The Hall–Kier alpha value is -1.35. The van der Waals surface area contributed by atoms with Crippen LogP contribution in [0.4, 0.5) is 0 Å². The Morgan fingerprint density at radius 2 is 2.09 bits per heavy atom. The highest BCUT2D eigenvalue weighted by molar-refractivity contribution is 6.00. The molecule has 1 saturated heterocycles. The minimum Gasteiger partial charge on any atom is -0.493 e. The first kappa shape index (κ1) is 17.0. The van der Waals surface area contributed by atoms with Crippen LogP contribution in [-0.2, 0) is 5.41 Å². The van der Waals surface area contributed by atoms with Crippen LogP contribution in [0.25, 0.3) is 0 Å². The molecule has 0 spiro atoms. The maximum absolute atomic E-state index is 12.6. The van der Waals surface area contributed by atoms with Crippen molar-refractivity contribution < 1.29 is 9.53 Å². The first-order valence-electron chi connectivity index (χ1n) is 8.34. The van der Waals surface area contributed by atoms with Crippen molar-refractivity contribution in [3.8, 4) is 5.75 Å². The molecular weight excluding hydrogens is 274 g/mol. The Bertz CT molecular complexity index is 523. The summed E-state index contributed by atoms with van der Waals surface area (Å²) < 4.78 is 5.96. The van der Waals surface area contributed by atoms with E-state index in [1.165, 1.54) is 0 Å². The van der Waals surface area contributed by atoms with Gasteiger partial charge in [-0.2, -0.15) is 0 Å². The van der Waals surface area contributed by atoms with Gasteiger partial charge in [0.2, 0.25) is 0 Å². The number of benzene rings is 1. The monoisotopic (exact) mass is 303 g/mol. The van der Waals surface area contributed by atoms with Crippen molar-refractivity contribution in [3.05, 3.63) is 29.3 Å². The van der Waals surface area contributed by atoms with Crippen LogP contribution in [0.5, 0.6) is 5.75 Å². The highest BCUT2D eigenvalue weighted by Crippen LogP contribution is 2.33. The van der Waals surface area contributed by atoms with Crippen molar-refractivity contribution in [3.63, 3.8) is 0 Å². The van der Waals surface area contributed by atoms with Crippen LogP contribution < -0.4 is 10.1 Å². The van der Waals surface area contributed by atoms with Crippen molar-refractivity contribution in [2.24, 2.45) is 5.92 Å². The summed E-state index contributed by atoms with van der Waals surface area (Å²) >= 11 is 0. The van der Waals surface area contributed by atoms with Gasteiger partial charge in [-0.15, -0.1) is 0 Å². The van der Waals surface area contributed by atoms with E-state index >= 15 is 0 Å². The second-order valence-electron chi connectivity index (χ2n) is 7.68. The Kier molecular flexibility index (Phi) is 5.28. The van der Waals surface area contributed by atoms with Gasteiger partial charge in [-0.1, -0.05) is 34.6 Å². The summed E-state index contributed by atoms with van der Waals surface area (Å²) in [5.74, 6) is 1.59. The molecule has 122 valence electrons. The summed E-state index contributed by atoms with van der Waals surface area (Å²) in [6, 6.07) is 5.88. The Balaban J connectivity index is 2.28. The van der Waals surface area contributed by atoms with Gasteiger partial charge in [0.25, 0.3) is 0 Å². The van der Waals surface area contributed by atoms with Gasteiger partial charge >= 0.3 is 0 Å². The summed E-state index contributed by atoms with van der Waals surface area (Å²) in [6.45, 7) is 12.4. The van der Waals surface area contributed by atoms with Crippen molar-refractivity contribution in [2.75, 3.05) is 13.2 Å². The molecule has 1 unspecified atom stereocenters. The molecule has 1 aromatic rings. The molecule has 3 nitrogen and oxygen atoms in total. The lowest BCUT2D eigenvalue weighted by molar-refractivity contribution is 0.0952. The number of ketones is 1. The molecule has 1 N–H and O–H groups in total. The fraction of sp³-hybridized carbons (Fsp3) is 0.632. The number of carbonyl (C=O) groups is 1. The summed E-state index contributed by atoms with van der Waals surface area (Å²) in [5.41, 5.74) is 1.85. The molecule has 2 rings (SSSR count). The molecule has 22 heavy (non-hydrogen) atoms. The third kappa shape index (κ3) is 4.10. The van der Waals surface area contributed by atoms with E-state index in [1.807, 2.05) is 18.2 Å². The number of carbonyl (C=O) groups excluding carboxylic acids is 1. The first-order chi connectivity index (χ1) is 10.3. The zero-order valence-electron chi connectivity index (χ0n) is 14.5. The number of rotatable bonds is 5. The molecular formula is C19H29NO2. The zero-order chi connectivity index (χ0) is 16.3. The van der Waals surface area contributed by atoms with Crippen LogP contribution in [0.15, 0.2) is 18.2 Å². The normalized spacial score (nSPS) is 18.7. The minimum atomic E-state index is -0.0499. The highest BCUT2D eigenvalue weighted by atomic mass is 16.5. The molecule has 0 radical (unpaired) electrons. The summed E-state index contributed by atoms with van der Waals surface area (Å²) in [7, 11) is 0. The number of Topliss-reactive ketones (excluding diaryl/α,β-unsaturated/α-hetero) is 1. The van der Waals surface area contributed by atoms with Crippen molar-refractivity contribution >= 4 is 5.78 Å². The lowest BCUT2D eigenvalue weighted by Gasteiger charge is -2.24. The van der Waals surface area contributed by atoms with E-state index in [9.17, 15) is 4.79 Å².